The number of aromatic nitrogens is 2. The van der Waals surface area contributed by atoms with E-state index < -0.39 is 0 Å². The molecule has 0 amide bonds. The Morgan fingerprint density at radius 1 is 1.03 bits per heavy atom. The van der Waals surface area contributed by atoms with Gasteiger partial charge in [0.25, 0.3) is 0 Å². The Morgan fingerprint density at radius 3 is 2.45 bits per heavy atom. The Kier molecular flexibility index (Phi) is 7.83. The van der Waals surface area contributed by atoms with Gasteiger partial charge in [0, 0.05) is 30.8 Å². The van der Waals surface area contributed by atoms with E-state index in [4.69, 9.17) is 0 Å². The van der Waals surface area contributed by atoms with Crippen molar-refractivity contribution in [1.82, 2.24) is 20.4 Å². The van der Waals surface area contributed by atoms with Crippen molar-refractivity contribution in [3.8, 4) is 0 Å². The van der Waals surface area contributed by atoms with Crippen LogP contribution in [0.3, 0.4) is 0 Å². The summed E-state index contributed by atoms with van der Waals surface area (Å²) in [5, 5.41) is 20.8. The molecule has 0 saturated carbocycles. The van der Waals surface area contributed by atoms with Crippen molar-refractivity contribution in [2.24, 2.45) is 4.99 Å². The number of benzene rings is 2. The van der Waals surface area contributed by atoms with Gasteiger partial charge in [-0.05, 0) is 18.1 Å². The van der Waals surface area contributed by atoms with Gasteiger partial charge in [0.2, 0.25) is 0 Å². The normalized spacial score (nSPS) is 12.6. The van der Waals surface area contributed by atoms with Crippen LogP contribution in [-0.2, 0) is 13.1 Å². The third kappa shape index (κ3) is 6.47. The zero-order valence-electron chi connectivity index (χ0n) is 16.8. The minimum Gasteiger partial charge on any atom is -0.396 e. The molecule has 0 aliphatic carbocycles. The van der Waals surface area contributed by atoms with Crippen molar-refractivity contribution < 1.29 is 5.11 Å². The first-order chi connectivity index (χ1) is 14.3. The van der Waals surface area contributed by atoms with Crippen molar-refractivity contribution in [2.75, 3.05) is 19.7 Å². The maximum Gasteiger partial charge on any atom is 0.191 e. The highest BCUT2D eigenvalue weighted by molar-refractivity contribution is 5.79. The maximum atomic E-state index is 9.74. The second-order valence-electron chi connectivity index (χ2n) is 6.90. The molecule has 0 bridgehead atoms. The fourth-order valence-electron chi connectivity index (χ4n) is 3.09. The molecule has 0 aliphatic heterocycles. The zero-order valence-corrected chi connectivity index (χ0v) is 16.8. The number of nitrogens with one attached hydrogen (secondary N) is 2. The highest BCUT2D eigenvalue weighted by Crippen LogP contribution is 2.13. The number of hydrogen-bond acceptors (Lipinski definition) is 3. The molecule has 0 fully saturated rings. The van der Waals surface area contributed by atoms with E-state index in [2.05, 4.69) is 32.9 Å². The third-order valence-electron chi connectivity index (χ3n) is 4.65. The first-order valence-electron chi connectivity index (χ1n) is 10.0. The second-order valence-corrected chi connectivity index (χ2v) is 6.90. The molecule has 6 heteroatoms. The Balaban J connectivity index is 1.57. The summed E-state index contributed by atoms with van der Waals surface area (Å²) in [4.78, 5) is 4.66. The van der Waals surface area contributed by atoms with Crippen molar-refractivity contribution >= 4 is 5.96 Å². The van der Waals surface area contributed by atoms with Crippen LogP contribution in [0.25, 0.3) is 0 Å². The molecule has 6 nitrogen and oxygen atoms in total. The Morgan fingerprint density at radius 2 is 1.76 bits per heavy atom. The van der Waals surface area contributed by atoms with E-state index in [1.165, 1.54) is 5.56 Å². The lowest BCUT2D eigenvalue weighted by Gasteiger charge is -2.18. The van der Waals surface area contributed by atoms with E-state index in [1.807, 2.05) is 72.5 Å². The van der Waals surface area contributed by atoms with Crippen molar-refractivity contribution in [2.45, 2.75) is 25.9 Å². The molecule has 3 N–H and O–H groups in total. The zero-order chi connectivity index (χ0) is 20.3. The number of rotatable bonds is 9. The number of aliphatic hydroxyl groups excluding tert-OH is 1. The lowest BCUT2D eigenvalue weighted by molar-refractivity contribution is 0.265. The highest BCUT2D eigenvalue weighted by atomic mass is 16.3. The molecule has 1 aromatic heterocycles. The van der Waals surface area contributed by atoms with Gasteiger partial charge in [-0.1, -0.05) is 60.7 Å². The minimum absolute atomic E-state index is 0.0219. The number of aliphatic imine (C=N–C) groups is 1. The predicted octanol–water partition coefficient (Wildman–Crippen LogP) is 2.76. The summed E-state index contributed by atoms with van der Waals surface area (Å²) in [6.45, 7) is 4.80. The molecule has 29 heavy (non-hydrogen) atoms. The van der Waals surface area contributed by atoms with Gasteiger partial charge in [-0.3, -0.25) is 4.68 Å². The summed E-state index contributed by atoms with van der Waals surface area (Å²) >= 11 is 0. The van der Waals surface area contributed by atoms with Gasteiger partial charge >= 0.3 is 0 Å². The van der Waals surface area contributed by atoms with Gasteiger partial charge < -0.3 is 15.7 Å². The van der Waals surface area contributed by atoms with Crippen LogP contribution in [0, 0.1) is 0 Å². The Labute approximate surface area is 172 Å². The van der Waals surface area contributed by atoms with Gasteiger partial charge in [-0.25, -0.2) is 4.99 Å². The number of hydrogen-bond donors (Lipinski definition) is 3. The molecular weight excluding hydrogens is 362 g/mol. The number of aliphatic hydroxyl groups is 1. The molecule has 0 aliphatic rings. The average molecular weight is 392 g/mol. The highest BCUT2D eigenvalue weighted by Gasteiger charge is 2.11. The first kappa shape index (κ1) is 20.6. The second kappa shape index (κ2) is 11.0. The monoisotopic (exact) mass is 391 g/mol. The van der Waals surface area contributed by atoms with Crippen LogP contribution >= 0.6 is 0 Å². The van der Waals surface area contributed by atoms with E-state index in [9.17, 15) is 5.11 Å². The smallest absolute Gasteiger partial charge is 0.191 e. The fraction of sp³-hybridized carbons (Fsp3) is 0.304. The molecule has 3 rings (SSSR count). The van der Waals surface area contributed by atoms with E-state index in [0.29, 0.717) is 13.1 Å². The molecule has 1 unspecified atom stereocenters. The van der Waals surface area contributed by atoms with Gasteiger partial charge in [0.15, 0.2) is 5.96 Å². The molecule has 0 radical (unpaired) electrons. The predicted molar refractivity (Wildman–Crippen MR) is 117 cm³/mol. The molecule has 0 spiro atoms. The molecule has 152 valence electrons. The van der Waals surface area contributed by atoms with Crippen LogP contribution in [-0.4, -0.2) is 40.5 Å². The van der Waals surface area contributed by atoms with Crippen LogP contribution in [0.2, 0.25) is 0 Å². The summed E-state index contributed by atoms with van der Waals surface area (Å²) in [7, 11) is 0. The van der Waals surface area contributed by atoms with E-state index in [1.54, 1.807) is 0 Å². The lowest BCUT2D eigenvalue weighted by atomic mass is 10.0. The Hall–Kier alpha value is -3.12. The van der Waals surface area contributed by atoms with Crippen molar-refractivity contribution in [1.29, 1.82) is 0 Å². The van der Waals surface area contributed by atoms with Crippen molar-refractivity contribution in [3.05, 3.63) is 89.7 Å². The SMILES string of the molecule is CCNC(=NCc1cnn(Cc2ccccc2)c1)NCC(CO)c1ccccc1. The van der Waals surface area contributed by atoms with Crippen LogP contribution in [0.4, 0.5) is 0 Å². The van der Waals surface area contributed by atoms with Crippen LogP contribution in [0.1, 0.15) is 29.5 Å². The first-order valence-corrected chi connectivity index (χ1v) is 10.0. The fourth-order valence-corrected chi connectivity index (χ4v) is 3.09. The molecular formula is C23H29N5O. The minimum atomic E-state index is 0.0219. The third-order valence-corrected chi connectivity index (χ3v) is 4.65. The van der Waals surface area contributed by atoms with E-state index in [0.717, 1.165) is 30.2 Å². The summed E-state index contributed by atoms with van der Waals surface area (Å²) in [6.07, 6.45) is 3.89. The van der Waals surface area contributed by atoms with E-state index in [-0.39, 0.29) is 12.5 Å². The standard InChI is InChI=1S/C23H29N5O/c1-2-24-23(26-15-22(18-29)21-11-7-4-8-12-21)25-13-20-14-27-28(17-20)16-19-9-5-3-6-10-19/h3-12,14,17,22,29H,2,13,15-16,18H2,1H3,(H2,24,25,26). The molecule has 0 saturated heterocycles. The van der Waals surface area contributed by atoms with E-state index >= 15 is 0 Å². The number of guanidine groups is 1. The molecule has 1 heterocycles. The largest absolute Gasteiger partial charge is 0.396 e. The molecule has 3 aromatic rings. The quantitative estimate of drug-likeness (QED) is 0.387. The summed E-state index contributed by atoms with van der Waals surface area (Å²) in [6, 6.07) is 20.3. The summed E-state index contributed by atoms with van der Waals surface area (Å²) < 4.78 is 1.93. The molecule has 1 atom stereocenters. The van der Waals surface area contributed by atoms with Crippen molar-refractivity contribution in [3.63, 3.8) is 0 Å². The maximum absolute atomic E-state index is 9.74. The summed E-state index contributed by atoms with van der Waals surface area (Å²) in [5.41, 5.74) is 3.39. The van der Waals surface area contributed by atoms with Gasteiger partial charge in [-0.2, -0.15) is 5.10 Å². The van der Waals surface area contributed by atoms with Crippen LogP contribution in [0.5, 0.6) is 0 Å². The van der Waals surface area contributed by atoms with Crippen LogP contribution < -0.4 is 10.6 Å². The lowest BCUT2D eigenvalue weighted by Crippen LogP contribution is -2.39. The van der Waals surface area contributed by atoms with Crippen LogP contribution in [0.15, 0.2) is 78.0 Å². The van der Waals surface area contributed by atoms with Gasteiger partial charge in [-0.15, -0.1) is 0 Å². The average Bonchev–Trinajstić information content (AvgIpc) is 3.21. The topological polar surface area (TPSA) is 74.5 Å². The number of nitrogens with zero attached hydrogens (tertiary/aromatic N) is 3. The van der Waals surface area contributed by atoms with Gasteiger partial charge in [0.1, 0.15) is 0 Å². The Bertz CT molecular complexity index is 877. The summed E-state index contributed by atoms with van der Waals surface area (Å²) in [5.74, 6) is 0.756. The molecule has 2 aromatic carbocycles. The van der Waals surface area contributed by atoms with Gasteiger partial charge in [0.05, 0.1) is 25.9 Å².